The summed E-state index contributed by atoms with van der Waals surface area (Å²) in [7, 11) is 1.79. The summed E-state index contributed by atoms with van der Waals surface area (Å²) in [6, 6.07) is 12.7. The molecule has 1 saturated carbocycles. The molecule has 6 nitrogen and oxygen atoms in total. The minimum Gasteiger partial charge on any atom is -0.494 e. The summed E-state index contributed by atoms with van der Waals surface area (Å²) < 4.78 is 8.03. The van der Waals surface area contributed by atoms with Gasteiger partial charge in [-0.25, -0.2) is 9.78 Å². The average molecular weight is 463 g/mol. The van der Waals surface area contributed by atoms with Crippen molar-refractivity contribution in [1.82, 2.24) is 14.9 Å². The van der Waals surface area contributed by atoms with Crippen molar-refractivity contribution in [3.63, 3.8) is 0 Å². The summed E-state index contributed by atoms with van der Waals surface area (Å²) in [5.74, 6) is 1.60. The van der Waals surface area contributed by atoms with Gasteiger partial charge >= 0.3 is 6.03 Å². The van der Waals surface area contributed by atoms with E-state index in [9.17, 15) is 4.79 Å². The molecule has 0 aliphatic heterocycles. The van der Waals surface area contributed by atoms with Gasteiger partial charge in [-0.2, -0.15) is 0 Å². The predicted molar refractivity (Wildman–Crippen MR) is 139 cm³/mol. The molecule has 0 spiro atoms. The molecule has 34 heavy (non-hydrogen) atoms. The first-order valence-corrected chi connectivity index (χ1v) is 12.7. The maximum absolute atomic E-state index is 12.5. The van der Waals surface area contributed by atoms with Gasteiger partial charge in [0.05, 0.1) is 18.5 Å². The van der Waals surface area contributed by atoms with Crippen LogP contribution in [-0.4, -0.2) is 35.3 Å². The number of nitrogens with one attached hydrogen (secondary N) is 1. The largest absolute Gasteiger partial charge is 0.494 e. The van der Waals surface area contributed by atoms with Crippen molar-refractivity contribution in [3.8, 4) is 5.75 Å². The van der Waals surface area contributed by atoms with Crippen LogP contribution in [0.3, 0.4) is 0 Å². The molecule has 1 aliphatic carbocycles. The van der Waals surface area contributed by atoms with Crippen LogP contribution in [0.4, 0.5) is 10.5 Å². The van der Waals surface area contributed by atoms with E-state index in [1.165, 1.54) is 43.4 Å². The Bertz CT molecular complexity index is 1100. The number of benzene rings is 1. The summed E-state index contributed by atoms with van der Waals surface area (Å²) in [6.07, 6.45) is 9.25. The van der Waals surface area contributed by atoms with Crippen molar-refractivity contribution >= 4 is 22.8 Å². The van der Waals surface area contributed by atoms with E-state index in [1.54, 1.807) is 11.9 Å². The Morgan fingerprint density at radius 1 is 1.18 bits per heavy atom. The first-order valence-electron chi connectivity index (χ1n) is 12.7. The monoisotopic (exact) mass is 462 g/mol. The van der Waals surface area contributed by atoms with Gasteiger partial charge in [0.1, 0.15) is 11.4 Å². The average Bonchev–Trinajstić information content (AvgIpc) is 3.16. The normalized spacial score (nSPS) is 14.5. The third-order valence-electron chi connectivity index (χ3n) is 6.69. The topological polar surface area (TPSA) is 59.4 Å². The van der Waals surface area contributed by atoms with E-state index >= 15 is 0 Å². The van der Waals surface area contributed by atoms with Crippen LogP contribution in [-0.2, 0) is 13.0 Å². The van der Waals surface area contributed by atoms with E-state index in [0.717, 1.165) is 35.4 Å². The molecule has 4 rings (SSSR count). The number of carbonyl (C=O) groups excluding carboxylic acids is 1. The third-order valence-corrected chi connectivity index (χ3v) is 6.69. The summed E-state index contributed by atoms with van der Waals surface area (Å²) >= 11 is 0. The number of amides is 2. The van der Waals surface area contributed by atoms with Crippen LogP contribution in [0, 0.1) is 5.92 Å². The zero-order chi connectivity index (χ0) is 24.1. The van der Waals surface area contributed by atoms with Crippen molar-refractivity contribution in [2.75, 3.05) is 18.6 Å². The van der Waals surface area contributed by atoms with Crippen LogP contribution in [0.1, 0.15) is 64.1 Å². The first kappa shape index (κ1) is 24.1. The molecule has 0 radical (unpaired) electrons. The fraction of sp³-hybridized carbons (Fsp3) is 0.500. The molecular weight excluding hydrogens is 424 g/mol. The number of fused-ring (bicyclic) bond motifs is 1. The van der Waals surface area contributed by atoms with Gasteiger partial charge in [-0.15, -0.1) is 0 Å². The van der Waals surface area contributed by atoms with E-state index < -0.39 is 0 Å². The number of ether oxygens (including phenoxy) is 1. The lowest BCUT2D eigenvalue weighted by molar-refractivity contribution is 0.245. The van der Waals surface area contributed by atoms with Crippen molar-refractivity contribution < 1.29 is 9.53 Å². The molecule has 0 atom stereocenters. The number of urea groups is 1. The SMILES string of the molecule is CCOc1ccc(Cc2cc3cc(N(C)C(=O)NC(C)C)cnc3n2CC2CCCCC2)cc1. The van der Waals surface area contributed by atoms with Crippen LogP contribution < -0.4 is 15.0 Å². The second-order valence-electron chi connectivity index (χ2n) is 9.77. The van der Waals surface area contributed by atoms with Crippen LogP contribution in [0.2, 0.25) is 0 Å². The molecule has 2 amide bonds. The number of hydrogen-bond acceptors (Lipinski definition) is 3. The van der Waals surface area contributed by atoms with E-state index in [2.05, 4.69) is 34.1 Å². The van der Waals surface area contributed by atoms with Crippen molar-refractivity contribution in [1.29, 1.82) is 0 Å². The number of pyridine rings is 1. The zero-order valence-electron chi connectivity index (χ0n) is 21.0. The highest BCUT2D eigenvalue weighted by Gasteiger charge is 2.20. The summed E-state index contributed by atoms with van der Waals surface area (Å²) in [6.45, 7) is 7.61. The van der Waals surface area contributed by atoms with Gasteiger partial charge in [0.2, 0.25) is 0 Å². The minimum atomic E-state index is -0.118. The molecule has 0 saturated heterocycles. The first-order chi connectivity index (χ1) is 16.4. The zero-order valence-corrected chi connectivity index (χ0v) is 21.0. The molecule has 0 bridgehead atoms. The molecule has 1 fully saturated rings. The molecule has 6 heteroatoms. The summed E-state index contributed by atoms with van der Waals surface area (Å²) in [5, 5.41) is 4.03. The number of nitrogens with zero attached hydrogens (tertiary/aromatic N) is 3. The maximum Gasteiger partial charge on any atom is 0.321 e. The number of carbonyl (C=O) groups is 1. The van der Waals surface area contributed by atoms with Gasteiger partial charge in [0.15, 0.2) is 0 Å². The van der Waals surface area contributed by atoms with Gasteiger partial charge in [-0.05, 0) is 69.4 Å². The Balaban J connectivity index is 1.65. The quantitative estimate of drug-likeness (QED) is 0.436. The van der Waals surface area contributed by atoms with Gasteiger partial charge in [0.25, 0.3) is 0 Å². The Morgan fingerprint density at radius 3 is 2.59 bits per heavy atom. The summed E-state index contributed by atoms with van der Waals surface area (Å²) in [4.78, 5) is 19.0. The Kier molecular flexibility index (Phi) is 7.76. The van der Waals surface area contributed by atoms with Crippen molar-refractivity contribution in [3.05, 3.63) is 53.9 Å². The molecule has 2 heterocycles. The molecule has 3 aromatic rings. The minimum absolute atomic E-state index is 0.0870. The van der Waals surface area contributed by atoms with Crippen LogP contribution >= 0.6 is 0 Å². The molecular formula is C28H38N4O2. The van der Waals surface area contributed by atoms with Gasteiger partial charge in [0, 0.05) is 37.1 Å². The summed E-state index contributed by atoms with van der Waals surface area (Å²) in [5.41, 5.74) is 4.33. The highest BCUT2D eigenvalue weighted by molar-refractivity contribution is 5.93. The smallest absolute Gasteiger partial charge is 0.321 e. The molecule has 1 aliphatic rings. The fourth-order valence-electron chi connectivity index (χ4n) is 4.89. The standard InChI is InChI=1S/C28H38N4O2/c1-5-34-26-13-11-21(12-14-26)15-24-16-23-17-25(31(4)28(33)30-20(2)3)18-29-27(23)32(24)19-22-9-7-6-8-10-22/h11-14,16-18,20,22H,5-10,15,19H2,1-4H3,(H,30,33). The number of hydrogen-bond donors (Lipinski definition) is 1. The Labute approximate surface area is 203 Å². The third kappa shape index (κ3) is 5.72. The molecule has 1 N–H and O–H groups in total. The van der Waals surface area contributed by atoms with E-state index in [4.69, 9.17) is 9.72 Å². The Morgan fingerprint density at radius 2 is 1.91 bits per heavy atom. The maximum atomic E-state index is 12.5. The van der Waals surface area contributed by atoms with Crippen LogP contribution in [0.25, 0.3) is 11.0 Å². The molecule has 1 aromatic carbocycles. The molecule has 182 valence electrons. The van der Waals surface area contributed by atoms with E-state index in [1.807, 2.05) is 39.1 Å². The van der Waals surface area contributed by atoms with Gasteiger partial charge in [-0.1, -0.05) is 31.4 Å². The van der Waals surface area contributed by atoms with Crippen LogP contribution in [0.15, 0.2) is 42.6 Å². The van der Waals surface area contributed by atoms with Crippen molar-refractivity contribution in [2.24, 2.45) is 5.92 Å². The van der Waals surface area contributed by atoms with E-state index in [0.29, 0.717) is 12.5 Å². The molecule has 2 aromatic heterocycles. The number of rotatable bonds is 8. The Hall–Kier alpha value is -3.02. The van der Waals surface area contributed by atoms with Crippen LogP contribution in [0.5, 0.6) is 5.75 Å². The predicted octanol–water partition coefficient (Wildman–Crippen LogP) is 6.16. The number of aromatic nitrogens is 2. The van der Waals surface area contributed by atoms with E-state index in [-0.39, 0.29) is 12.1 Å². The second-order valence-corrected chi connectivity index (χ2v) is 9.77. The van der Waals surface area contributed by atoms with Gasteiger partial charge in [-0.3, -0.25) is 4.90 Å². The number of anilines is 1. The molecule has 0 unspecified atom stereocenters. The fourth-order valence-corrected chi connectivity index (χ4v) is 4.89. The van der Waals surface area contributed by atoms with Gasteiger partial charge < -0.3 is 14.6 Å². The lowest BCUT2D eigenvalue weighted by Gasteiger charge is -2.24. The lowest BCUT2D eigenvalue weighted by Crippen LogP contribution is -2.40. The van der Waals surface area contributed by atoms with Crippen molar-refractivity contribution in [2.45, 2.75) is 71.9 Å². The highest BCUT2D eigenvalue weighted by atomic mass is 16.5. The second kappa shape index (κ2) is 10.9. The highest BCUT2D eigenvalue weighted by Crippen LogP contribution is 2.30. The lowest BCUT2D eigenvalue weighted by atomic mass is 9.89.